The number of amides is 2. The van der Waals surface area contributed by atoms with Crippen molar-refractivity contribution in [1.82, 2.24) is 20.5 Å². The Kier molecular flexibility index (Phi) is 4.83. The van der Waals surface area contributed by atoms with E-state index in [0.29, 0.717) is 24.5 Å². The van der Waals surface area contributed by atoms with Gasteiger partial charge in [0.1, 0.15) is 11.4 Å². The van der Waals surface area contributed by atoms with E-state index < -0.39 is 0 Å². The molecule has 3 rings (SSSR count). The van der Waals surface area contributed by atoms with Crippen LogP contribution in [0.3, 0.4) is 0 Å². The minimum Gasteiger partial charge on any atom is -0.351 e. The van der Waals surface area contributed by atoms with Crippen molar-refractivity contribution in [2.45, 2.75) is 39.2 Å². The number of aryl methyl sites for hydroxylation is 2. The minimum absolute atomic E-state index is 0.0382. The van der Waals surface area contributed by atoms with Gasteiger partial charge in [-0.25, -0.2) is 4.63 Å². The number of nitrogens with zero attached hydrogens (tertiary/aromatic N) is 3. The number of rotatable bonds is 4. The van der Waals surface area contributed by atoms with Crippen LogP contribution in [0.5, 0.6) is 0 Å². The number of carbonyl (C=O) groups is 2. The molecule has 2 atom stereocenters. The van der Waals surface area contributed by atoms with Crippen LogP contribution in [0, 0.1) is 13.8 Å². The van der Waals surface area contributed by atoms with E-state index in [1.54, 1.807) is 11.8 Å². The summed E-state index contributed by atoms with van der Waals surface area (Å²) < 4.78 is 4.66. The molecule has 0 unspecified atom stereocenters. The van der Waals surface area contributed by atoms with E-state index in [9.17, 15) is 9.59 Å². The lowest BCUT2D eigenvalue weighted by Crippen LogP contribution is -2.39. The maximum Gasteiger partial charge on any atom is 0.228 e. The standard InChI is InChI=1S/C18H22N4O3/c1-11-4-6-14(7-5-11)15-9-22(10-17(15)19-13(3)23)18(24)8-16-12(2)20-25-21-16/h4-7,15,17H,8-10H2,1-3H3,(H,19,23)/t15-,17+/m0/s1. The van der Waals surface area contributed by atoms with Gasteiger partial charge in [-0.2, -0.15) is 0 Å². The topological polar surface area (TPSA) is 88.3 Å². The van der Waals surface area contributed by atoms with Gasteiger partial charge in [0, 0.05) is 25.9 Å². The summed E-state index contributed by atoms with van der Waals surface area (Å²) >= 11 is 0. The molecule has 0 saturated carbocycles. The molecule has 25 heavy (non-hydrogen) atoms. The van der Waals surface area contributed by atoms with E-state index >= 15 is 0 Å². The third kappa shape index (κ3) is 3.87. The van der Waals surface area contributed by atoms with Crippen LogP contribution in [0.2, 0.25) is 0 Å². The van der Waals surface area contributed by atoms with Gasteiger partial charge in [0.05, 0.1) is 12.5 Å². The second-order valence-corrected chi connectivity index (χ2v) is 6.60. The molecular formula is C18H22N4O3. The molecule has 1 aliphatic heterocycles. The van der Waals surface area contributed by atoms with Crippen LogP contribution in [-0.4, -0.2) is 46.2 Å². The SMILES string of the molecule is CC(=O)N[C@@H]1CN(C(=O)Cc2nonc2C)C[C@H]1c1ccc(C)cc1. The van der Waals surface area contributed by atoms with Gasteiger partial charge < -0.3 is 10.2 Å². The molecule has 2 heterocycles. The molecule has 0 bridgehead atoms. The first kappa shape index (κ1) is 17.1. The smallest absolute Gasteiger partial charge is 0.228 e. The molecule has 0 radical (unpaired) electrons. The Bertz CT molecular complexity index is 769. The van der Waals surface area contributed by atoms with E-state index in [0.717, 1.165) is 5.56 Å². The van der Waals surface area contributed by atoms with Gasteiger partial charge in [0.15, 0.2) is 0 Å². The fourth-order valence-corrected chi connectivity index (χ4v) is 3.23. The van der Waals surface area contributed by atoms with E-state index in [-0.39, 0.29) is 30.2 Å². The highest BCUT2D eigenvalue weighted by atomic mass is 16.6. The summed E-state index contributed by atoms with van der Waals surface area (Å²) in [6.45, 7) is 6.35. The van der Waals surface area contributed by atoms with Gasteiger partial charge in [-0.1, -0.05) is 40.1 Å². The van der Waals surface area contributed by atoms with Crippen molar-refractivity contribution >= 4 is 11.8 Å². The molecule has 2 aromatic rings. The van der Waals surface area contributed by atoms with Crippen molar-refractivity contribution in [3.63, 3.8) is 0 Å². The molecule has 1 N–H and O–H groups in total. The molecule has 1 aromatic heterocycles. The molecule has 1 aromatic carbocycles. The largest absolute Gasteiger partial charge is 0.351 e. The summed E-state index contributed by atoms with van der Waals surface area (Å²) in [6.07, 6.45) is 0.155. The molecule has 7 heteroatoms. The highest BCUT2D eigenvalue weighted by Gasteiger charge is 2.36. The Balaban J connectivity index is 1.76. The first-order valence-electron chi connectivity index (χ1n) is 8.33. The van der Waals surface area contributed by atoms with Gasteiger partial charge >= 0.3 is 0 Å². The van der Waals surface area contributed by atoms with E-state index in [1.165, 1.54) is 12.5 Å². The fraction of sp³-hybridized carbons (Fsp3) is 0.444. The number of likely N-dealkylation sites (tertiary alicyclic amines) is 1. The van der Waals surface area contributed by atoms with Crippen LogP contribution in [0.1, 0.15) is 35.4 Å². The lowest BCUT2D eigenvalue weighted by atomic mass is 9.93. The minimum atomic E-state index is -0.0966. The number of carbonyl (C=O) groups excluding carboxylic acids is 2. The molecule has 132 valence electrons. The monoisotopic (exact) mass is 342 g/mol. The van der Waals surface area contributed by atoms with Crippen LogP contribution in [0.4, 0.5) is 0 Å². The van der Waals surface area contributed by atoms with Crippen LogP contribution >= 0.6 is 0 Å². The summed E-state index contributed by atoms with van der Waals surface area (Å²) in [7, 11) is 0. The van der Waals surface area contributed by atoms with Crippen molar-refractivity contribution < 1.29 is 14.2 Å². The number of benzene rings is 1. The predicted molar refractivity (Wildman–Crippen MR) is 90.8 cm³/mol. The molecule has 1 aliphatic rings. The maximum atomic E-state index is 12.6. The number of aromatic nitrogens is 2. The Morgan fingerprint density at radius 1 is 1.20 bits per heavy atom. The third-order valence-corrected chi connectivity index (χ3v) is 4.63. The highest BCUT2D eigenvalue weighted by molar-refractivity contribution is 5.79. The van der Waals surface area contributed by atoms with Crippen molar-refractivity contribution in [3.8, 4) is 0 Å². The molecule has 0 aliphatic carbocycles. The van der Waals surface area contributed by atoms with Crippen molar-refractivity contribution in [2.24, 2.45) is 0 Å². The van der Waals surface area contributed by atoms with Crippen LogP contribution in [0.15, 0.2) is 28.9 Å². The Labute approximate surface area is 146 Å². The van der Waals surface area contributed by atoms with Crippen molar-refractivity contribution in [1.29, 1.82) is 0 Å². The number of hydrogen-bond acceptors (Lipinski definition) is 5. The van der Waals surface area contributed by atoms with Gasteiger partial charge in [0.25, 0.3) is 0 Å². The summed E-state index contributed by atoms with van der Waals surface area (Å²) in [5, 5.41) is 10.5. The second kappa shape index (κ2) is 7.04. The summed E-state index contributed by atoms with van der Waals surface area (Å²) in [6, 6.07) is 8.13. The maximum absolute atomic E-state index is 12.6. The zero-order valence-electron chi connectivity index (χ0n) is 14.7. The van der Waals surface area contributed by atoms with E-state index in [2.05, 4.69) is 44.5 Å². The molecule has 7 nitrogen and oxygen atoms in total. The average molecular weight is 342 g/mol. The first-order chi connectivity index (χ1) is 11.9. The normalized spacial score (nSPS) is 19.9. The number of nitrogens with one attached hydrogen (secondary N) is 1. The Morgan fingerprint density at radius 2 is 1.92 bits per heavy atom. The average Bonchev–Trinajstić information content (AvgIpc) is 3.15. The van der Waals surface area contributed by atoms with Crippen LogP contribution < -0.4 is 5.32 Å². The summed E-state index contributed by atoms with van der Waals surface area (Å²) in [4.78, 5) is 26.0. The fourth-order valence-electron chi connectivity index (χ4n) is 3.23. The van der Waals surface area contributed by atoms with E-state index in [1.807, 2.05) is 6.92 Å². The third-order valence-electron chi connectivity index (χ3n) is 4.63. The molecular weight excluding hydrogens is 320 g/mol. The Morgan fingerprint density at radius 3 is 2.52 bits per heavy atom. The van der Waals surface area contributed by atoms with Crippen molar-refractivity contribution in [3.05, 3.63) is 46.8 Å². The quantitative estimate of drug-likeness (QED) is 0.906. The van der Waals surface area contributed by atoms with Gasteiger partial charge in [-0.15, -0.1) is 0 Å². The van der Waals surface area contributed by atoms with Crippen molar-refractivity contribution in [2.75, 3.05) is 13.1 Å². The molecule has 2 amide bonds. The predicted octanol–water partition coefficient (Wildman–Crippen LogP) is 1.36. The van der Waals surface area contributed by atoms with Gasteiger partial charge in [0.2, 0.25) is 11.8 Å². The summed E-state index contributed by atoms with van der Waals surface area (Å²) in [5.74, 6) is -0.0540. The lowest BCUT2D eigenvalue weighted by Gasteiger charge is -2.19. The van der Waals surface area contributed by atoms with Crippen LogP contribution in [-0.2, 0) is 16.0 Å². The Hall–Kier alpha value is -2.70. The zero-order valence-corrected chi connectivity index (χ0v) is 14.7. The van der Waals surface area contributed by atoms with Gasteiger partial charge in [-0.05, 0) is 19.4 Å². The molecule has 1 fully saturated rings. The highest BCUT2D eigenvalue weighted by Crippen LogP contribution is 2.28. The van der Waals surface area contributed by atoms with Crippen LogP contribution in [0.25, 0.3) is 0 Å². The second-order valence-electron chi connectivity index (χ2n) is 6.60. The molecule has 1 saturated heterocycles. The number of hydrogen-bond donors (Lipinski definition) is 1. The summed E-state index contributed by atoms with van der Waals surface area (Å²) in [5.41, 5.74) is 3.49. The lowest BCUT2D eigenvalue weighted by molar-refractivity contribution is -0.130. The first-order valence-corrected chi connectivity index (χ1v) is 8.33. The molecule has 0 spiro atoms. The zero-order chi connectivity index (χ0) is 18.0. The van der Waals surface area contributed by atoms with Gasteiger partial charge in [-0.3, -0.25) is 9.59 Å². The van der Waals surface area contributed by atoms with E-state index in [4.69, 9.17) is 0 Å².